The summed E-state index contributed by atoms with van der Waals surface area (Å²) in [6.07, 6.45) is 0. The largest absolute Gasteiger partial charge is 0.333 e. The number of hydrogen-bond acceptors (Lipinski definition) is 4. The summed E-state index contributed by atoms with van der Waals surface area (Å²) in [6.45, 7) is 0. The second-order valence-electron chi connectivity index (χ2n) is 4.48. The molecule has 0 aliphatic rings. The van der Waals surface area contributed by atoms with Gasteiger partial charge >= 0.3 is 0 Å². The van der Waals surface area contributed by atoms with Crippen LogP contribution in [0.4, 0.5) is 0 Å². The van der Waals surface area contributed by atoms with E-state index in [-0.39, 0.29) is 5.28 Å². The van der Waals surface area contributed by atoms with Gasteiger partial charge in [-0.15, -0.1) is 0 Å². The van der Waals surface area contributed by atoms with E-state index in [9.17, 15) is 0 Å². The van der Waals surface area contributed by atoms with E-state index in [0.29, 0.717) is 0 Å². The van der Waals surface area contributed by atoms with E-state index in [0.717, 1.165) is 32.1 Å². The van der Waals surface area contributed by atoms with Gasteiger partial charge in [0.05, 0.1) is 16.6 Å². The fourth-order valence-corrected chi connectivity index (χ4v) is 3.30. The van der Waals surface area contributed by atoms with Crippen LogP contribution in [0.3, 0.4) is 0 Å². The van der Waals surface area contributed by atoms with Crippen molar-refractivity contribution in [3.8, 4) is 0 Å². The second-order valence-corrected chi connectivity index (χ2v) is 5.79. The summed E-state index contributed by atoms with van der Waals surface area (Å²) in [5.74, 6) is 0. The molecular weight excluding hydrogens is 304 g/mol. The lowest BCUT2D eigenvalue weighted by Crippen LogP contribution is -1.89. The van der Waals surface area contributed by atoms with E-state index in [2.05, 4.69) is 19.9 Å². The van der Waals surface area contributed by atoms with Crippen LogP contribution < -0.4 is 0 Å². The lowest BCUT2D eigenvalue weighted by molar-refractivity contribution is 1.05. The predicted octanol–water partition coefficient (Wildman–Crippen LogP) is 4.31. The summed E-state index contributed by atoms with van der Waals surface area (Å²) in [5.41, 5.74) is 2.77. The number of rotatable bonds is 2. The van der Waals surface area contributed by atoms with Crippen LogP contribution in [-0.2, 0) is 0 Å². The predicted molar refractivity (Wildman–Crippen MR) is 84.8 cm³/mol. The molecule has 0 amide bonds. The summed E-state index contributed by atoms with van der Waals surface area (Å²) in [4.78, 5) is 16.4. The van der Waals surface area contributed by atoms with E-state index in [1.54, 1.807) is 0 Å². The van der Waals surface area contributed by atoms with E-state index < -0.39 is 0 Å². The van der Waals surface area contributed by atoms with Gasteiger partial charge < -0.3 is 4.98 Å². The van der Waals surface area contributed by atoms with Gasteiger partial charge in [0.1, 0.15) is 5.03 Å². The molecule has 0 radical (unpaired) electrons. The number of para-hydroxylation sites is 3. The van der Waals surface area contributed by atoms with Crippen LogP contribution in [0.1, 0.15) is 0 Å². The number of nitrogens with zero attached hydrogens (tertiary/aromatic N) is 3. The first-order valence-electron chi connectivity index (χ1n) is 6.34. The fourth-order valence-electron chi connectivity index (χ4n) is 2.17. The quantitative estimate of drug-likeness (QED) is 0.442. The van der Waals surface area contributed by atoms with Crippen molar-refractivity contribution in [2.45, 2.75) is 10.2 Å². The molecule has 4 rings (SSSR count). The third kappa shape index (κ3) is 2.34. The molecule has 0 aliphatic carbocycles. The molecule has 0 bridgehead atoms. The van der Waals surface area contributed by atoms with E-state index in [1.807, 2.05) is 48.5 Å². The van der Waals surface area contributed by atoms with Crippen LogP contribution >= 0.6 is 23.4 Å². The second kappa shape index (κ2) is 5.02. The van der Waals surface area contributed by atoms with E-state index in [1.165, 1.54) is 11.8 Å². The summed E-state index contributed by atoms with van der Waals surface area (Å²) in [5, 5.41) is 2.79. The average molecular weight is 313 g/mol. The van der Waals surface area contributed by atoms with Gasteiger partial charge in [0.2, 0.25) is 5.28 Å². The molecule has 4 aromatic rings. The number of hydrogen-bond donors (Lipinski definition) is 1. The maximum absolute atomic E-state index is 6.00. The molecule has 0 spiro atoms. The highest BCUT2D eigenvalue weighted by Gasteiger charge is 2.10. The van der Waals surface area contributed by atoms with Crippen LogP contribution in [0.2, 0.25) is 5.28 Å². The smallest absolute Gasteiger partial charge is 0.224 e. The van der Waals surface area contributed by atoms with Crippen molar-refractivity contribution in [2.75, 3.05) is 0 Å². The molecule has 1 N–H and O–H groups in total. The van der Waals surface area contributed by atoms with Crippen molar-refractivity contribution in [1.29, 1.82) is 0 Å². The summed E-state index contributed by atoms with van der Waals surface area (Å²) in [6, 6.07) is 15.7. The zero-order valence-corrected chi connectivity index (χ0v) is 12.3. The SMILES string of the molecule is Clc1nc(Sc2nc3ccccc3[nH]2)c2ccccc2n1. The zero-order valence-electron chi connectivity index (χ0n) is 10.7. The molecule has 0 saturated carbocycles. The van der Waals surface area contributed by atoms with E-state index in [4.69, 9.17) is 11.6 Å². The fraction of sp³-hybridized carbons (Fsp3) is 0. The molecule has 0 aliphatic heterocycles. The van der Waals surface area contributed by atoms with Gasteiger partial charge in [-0.3, -0.25) is 0 Å². The topological polar surface area (TPSA) is 54.5 Å². The molecule has 102 valence electrons. The van der Waals surface area contributed by atoms with Crippen molar-refractivity contribution in [2.24, 2.45) is 0 Å². The minimum absolute atomic E-state index is 0.243. The lowest BCUT2D eigenvalue weighted by Gasteiger charge is -2.03. The highest BCUT2D eigenvalue weighted by molar-refractivity contribution is 7.99. The number of H-pyrrole nitrogens is 1. The zero-order chi connectivity index (χ0) is 14.2. The first kappa shape index (κ1) is 12.6. The van der Waals surface area contributed by atoms with Gasteiger partial charge in [-0.2, -0.15) is 0 Å². The average Bonchev–Trinajstić information content (AvgIpc) is 2.89. The maximum atomic E-state index is 6.00. The minimum atomic E-state index is 0.243. The molecule has 2 aromatic heterocycles. The number of halogens is 1. The van der Waals surface area contributed by atoms with Gasteiger partial charge in [-0.05, 0) is 41.6 Å². The Bertz CT molecular complexity index is 918. The molecule has 0 fully saturated rings. The Labute approximate surface area is 129 Å². The van der Waals surface area contributed by atoms with Gasteiger partial charge in [-0.1, -0.05) is 30.3 Å². The number of imidazole rings is 1. The summed E-state index contributed by atoms with van der Waals surface area (Å²) >= 11 is 7.46. The standard InChI is InChI=1S/C15H9ClN4S/c16-14-17-10-6-2-1-5-9(10)13(20-14)21-15-18-11-7-3-4-8-12(11)19-15/h1-8H,(H,18,19). The van der Waals surface area contributed by atoms with Crippen molar-refractivity contribution in [3.63, 3.8) is 0 Å². The van der Waals surface area contributed by atoms with Crippen molar-refractivity contribution >= 4 is 45.3 Å². The van der Waals surface area contributed by atoms with Gasteiger partial charge in [0.15, 0.2) is 5.16 Å². The highest BCUT2D eigenvalue weighted by Crippen LogP contribution is 2.31. The summed E-state index contributed by atoms with van der Waals surface area (Å²) in [7, 11) is 0. The lowest BCUT2D eigenvalue weighted by atomic mass is 10.2. The number of nitrogens with one attached hydrogen (secondary N) is 1. The number of aromatic nitrogens is 4. The van der Waals surface area contributed by atoms with Gasteiger partial charge in [-0.25, -0.2) is 15.0 Å². The first-order chi connectivity index (χ1) is 10.3. The van der Waals surface area contributed by atoms with Crippen molar-refractivity contribution < 1.29 is 0 Å². The van der Waals surface area contributed by atoms with Crippen LogP contribution in [0.25, 0.3) is 21.9 Å². The van der Waals surface area contributed by atoms with Crippen LogP contribution in [-0.4, -0.2) is 19.9 Å². The maximum Gasteiger partial charge on any atom is 0.224 e. The van der Waals surface area contributed by atoms with E-state index >= 15 is 0 Å². The molecule has 21 heavy (non-hydrogen) atoms. The molecule has 6 heteroatoms. The van der Waals surface area contributed by atoms with Crippen molar-refractivity contribution in [3.05, 3.63) is 53.8 Å². The Hall–Kier alpha value is -2.11. The van der Waals surface area contributed by atoms with Gasteiger partial charge in [0.25, 0.3) is 0 Å². The van der Waals surface area contributed by atoms with Crippen LogP contribution in [0.5, 0.6) is 0 Å². The molecule has 2 heterocycles. The normalized spacial score (nSPS) is 11.3. The van der Waals surface area contributed by atoms with Crippen molar-refractivity contribution in [1.82, 2.24) is 19.9 Å². The Morgan fingerprint density at radius 3 is 2.48 bits per heavy atom. The molecule has 4 nitrogen and oxygen atoms in total. The van der Waals surface area contributed by atoms with Crippen LogP contribution in [0.15, 0.2) is 58.7 Å². The molecular formula is C15H9ClN4S. The Morgan fingerprint density at radius 2 is 1.62 bits per heavy atom. The number of fused-ring (bicyclic) bond motifs is 2. The Kier molecular flexibility index (Phi) is 3.02. The molecule has 2 aromatic carbocycles. The summed E-state index contributed by atoms with van der Waals surface area (Å²) < 4.78 is 0. The molecule has 0 unspecified atom stereocenters. The Morgan fingerprint density at radius 1 is 0.857 bits per heavy atom. The Balaban J connectivity index is 1.83. The third-order valence-corrected chi connectivity index (χ3v) is 4.16. The number of benzene rings is 2. The monoisotopic (exact) mass is 312 g/mol. The first-order valence-corrected chi connectivity index (χ1v) is 7.54. The van der Waals surface area contributed by atoms with Gasteiger partial charge in [0, 0.05) is 5.39 Å². The molecule has 0 saturated heterocycles. The van der Waals surface area contributed by atoms with Crippen LogP contribution in [0, 0.1) is 0 Å². The third-order valence-electron chi connectivity index (χ3n) is 3.10. The number of aromatic amines is 1. The molecule has 0 atom stereocenters. The highest BCUT2D eigenvalue weighted by atomic mass is 35.5. The minimum Gasteiger partial charge on any atom is -0.333 e.